The van der Waals surface area contributed by atoms with E-state index in [1.54, 1.807) is 6.07 Å². The van der Waals surface area contributed by atoms with Crippen LogP contribution in [0.3, 0.4) is 0 Å². The number of nitrogens with zero attached hydrogens (tertiary/aromatic N) is 3. The maximum absolute atomic E-state index is 12.7. The van der Waals surface area contributed by atoms with Gasteiger partial charge in [-0.05, 0) is 51.2 Å². The Labute approximate surface area is 170 Å². The van der Waals surface area contributed by atoms with E-state index in [1.165, 1.54) is 21.0 Å². The molecule has 0 bridgehead atoms. The van der Waals surface area contributed by atoms with Crippen LogP contribution in [-0.4, -0.2) is 53.8 Å². The van der Waals surface area contributed by atoms with Crippen molar-refractivity contribution in [2.45, 2.75) is 62.9 Å². The molecular weight excluding hydrogens is 394 g/mol. The number of oxazole rings is 1. The van der Waals surface area contributed by atoms with Gasteiger partial charge in [0.2, 0.25) is 15.9 Å². The Morgan fingerprint density at radius 2 is 1.86 bits per heavy atom. The van der Waals surface area contributed by atoms with Gasteiger partial charge in [-0.2, -0.15) is 4.31 Å². The van der Waals surface area contributed by atoms with Crippen molar-refractivity contribution in [1.29, 1.82) is 0 Å². The fourth-order valence-corrected chi connectivity index (χ4v) is 5.85. The van der Waals surface area contributed by atoms with Crippen molar-refractivity contribution in [2.75, 3.05) is 19.6 Å². The second-order valence-electron chi connectivity index (χ2n) is 7.94. The Morgan fingerprint density at radius 3 is 2.59 bits per heavy atom. The fraction of sp³-hybridized carbons (Fsp3) is 0.600. The lowest BCUT2D eigenvalue weighted by Crippen LogP contribution is -2.42. The smallest absolute Gasteiger partial charge is 0.408 e. The molecule has 0 spiro atoms. The molecule has 4 rings (SSSR count). The molecule has 2 aliphatic heterocycles. The van der Waals surface area contributed by atoms with Crippen LogP contribution in [0, 0.1) is 0 Å². The van der Waals surface area contributed by atoms with Gasteiger partial charge in [0.25, 0.3) is 0 Å². The second kappa shape index (κ2) is 7.95. The number of piperidine rings is 1. The predicted molar refractivity (Wildman–Crippen MR) is 108 cm³/mol. The number of aryl methyl sites for hydroxylation is 1. The van der Waals surface area contributed by atoms with Crippen LogP contribution in [0.2, 0.25) is 0 Å². The van der Waals surface area contributed by atoms with Gasteiger partial charge in [0.15, 0.2) is 5.58 Å². The van der Waals surface area contributed by atoms with E-state index < -0.39 is 15.8 Å². The number of likely N-dealkylation sites (tertiary alicyclic amines) is 1. The minimum absolute atomic E-state index is 0.0340. The number of carbonyl (C=O) groups excluding carboxylic acids is 1. The molecule has 1 atom stereocenters. The summed E-state index contributed by atoms with van der Waals surface area (Å²) in [6, 6.07) is 4.75. The minimum Gasteiger partial charge on any atom is -0.408 e. The topological polar surface area (TPSA) is 92.8 Å². The quantitative estimate of drug-likeness (QED) is 0.738. The fourth-order valence-electron chi connectivity index (χ4n) is 4.32. The molecule has 1 unspecified atom stereocenters. The Kier molecular flexibility index (Phi) is 5.52. The van der Waals surface area contributed by atoms with Crippen molar-refractivity contribution in [1.82, 2.24) is 13.8 Å². The molecule has 0 aliphatic carbocycles. The number of hydrogen-bond acceptors (Lipinski definition) is 5. The van der Waals surface area contributed by atoms with Gasteiger partial charge in [-0.15, -0.1) is 0 Å². The molecule has 0 N–H and O–H groups in total. The van der Waals surface area contributed by atoms with Crippen LogP contribution in [-0.2, 0) is 21.4 Å². The highest BCUT2D eigenvalue weighted by molar-refractivity contribution is 7.89. The molecule has 8 nitrogen and oxygen atoms in total. The lowest BCUT2D eigenvalue weighted by atomic mass is 10.0. The van der Waals surface area contributed by atoms with E-state index in [-0.39, 0.29) is 35.4 Å². The summed E-state index contributed by atoms with van der Waals surface area (Å²) in [5.41, 5.74) is 0.740. The Balaban J connectivity index is 1.54. The molecular formula is C20H27N3O5S. The van der Waals surface area contributed by atoms with E-state index >= 15 is 0 Å². The molecule has 9 heteroatoms. The summed E-state index contributed by atoms with van der Waals surface area (Å²) in [4.78, 5) is 26.9. The maximum Gasteiger partial charge on any atom is 0.419 e. The van der Waals surface area contributed by atoms with Gasteiger partial charge >= 0.3 is 5.76 Å². The van der Waals surface area contributed by atoms with Gasteiger partial charge in [0.05, 0.1) is 10.4 Å². The van der Waals surface area contributed by atoms with E-state index in [2.05, 4.69) is 6.92 Å². The normalized spacial score (nSPS) is 21.1. The zero-order valence-corrected chi connectivity index (χ0v) is 17.5. The first kappa shape index (κ1) is 20.2. The van der Waals surface area contributed by atoms with Gasteiger partial charge in [0.1, 0.15) is 0 Å². The third kappa shape index (κ3) is 3.85. The van der Waals surface area contributed by atoms with E-state index in [9.17, 15) is 18.0 Å². The summed E-state index contributed by atoms with van der Waals surface area (Å²) >= 11 is 0. The molecule has 2 fully saturated rings. The van der Waals surface area contributed by atoms with Crippen LogP contribution in [0.1, 0.15) is 45.4 Å². The minimum atomic E-state index is -3.58. The summed E-state index contributed by atoms with van der Waals surface area (Å²) < 4.78 is 33.6. The summed E-state index contributed by atoms with van der Waals surface area (Å²) in [6.45, 7) is 4.06. The first-order valence-corrected chi connectivity index (χ1v) is 11.7. The first-order valence-electron chi connectivity index (χ1n) is 10.3. The summed E-state index contributed by atoms with van der Waals surface area (Å²) in [6.07, 6.45) is 5.09. The van der Waals surface area contributed by atoms with E-state index in [1.807, 2.05) is 4.90 Å². The number of amides is 1. The number of hydrogen-bond donors (Lipinski definition) is 0. The van der Waals surface area contributed by atoms with Gasteiger partial charge in [-0.1, -0.05) is 0 Å². The van der Waals surface area contributed by atoms with Crippen molar-refractivity contribution < 1.29 is 17.6 Å². The lowest BCUT2D eigenvalue weighted by molar-refractivity contribution is -0.134. The molecule has 1 aromatic heterocycles. The molecule has 1 aromatic carbocycles. The number of aromatic nitrogens is 1. The van der Waals surface area contributed by atoms with Crippen molar-refractivity contribution in [3.8, 4) is 0 Å². The largest absolute Gasteiger partial charge is 0.419 e. The average molecular weight is 422 g/mol. The monoisotopic (exact) mass is 421 g/mol. The zero-order chi connectivity index (χ0) is 20.6. The zero-order valence-electron chi connectivity index (χ0n) is 16.7. The van der Waals surface area contributed by atoms with Crippen molar-refractivity contribution >= 4 is 27.0 Å². The Bertz CT molecular complexity index is 1070. The molecule has 3 heterocycles. The molecule has 2 aromatic rings. The van der Waals surface area contributed by atoms with E-state index in [0.717, 1.165) is 38.6 Å². The molecule has 29 heavy (non-hydrogen) atoms. The molecule has 158 valence electrons. The van der Waals surface area contributed by atoms with Gasteiger partial charge < -0.3 is 9.32 Å². The Morgan fingerprint density at radius 1 is 1.14 bits per heavy atom. The van der Waals surface area contributed by atoms with Crippen molar-refractivity contribution in [3.63, 3.8) is 0 Å². The SMILES string of the molecule is CC1CCCCN1C(=O)CCn1c(=O)oc2cc(S(=O)(=O)N3CCCC3)ccc21. The van der Waals surface area contributed by atoms with Crippen LogP contribution in [0.25, 0.3) is 11.1 Å². The third-order valence-corrected chi connectivity index (χ3v) is 7.91. The lowest BCUT2D eigenvalue weighted by Gasteiger charge is -2.33. The number of sulfonamides is 1. The highest BCUT2D eigenvalue weighted by atomic mass is 32.2. The average Bonchev–Trinajstić information content (AvgIpc) is 3.34. The van der Waals surface area contributed by atoms with Gasteiger partial charge in [0, 0.05) is 44.7 Å². The number of fused-ring (bicyclic) bond motifs is 1. The van der Waals surface area contributed by atoms with E-state index in [0.29, 0.717) is 18.6 Å². The van der Waals surface area contributed by atoms with Crippen molar-refractivity contribution in [2.24, 2.45) is 0 Å². The summed E-state index contributed by atoms with van der Waals surface area (Å²) in [7, 11) is -3.58. The third-order valence-electron chi connectivity index (χ3n) is 6.02. The van der Waals surface area contributed by atoms with Crippen LogP contribution in [0.4, 0.5) is 0 Å². The van der Waals surface area contributed by atoms with Crippen LogP contribution in [0.5, 0.6) is 0 Å². The molecule has 0 radical (unpaired) electrons. The summed E-state index contributed by atoms with van der Waals surface area (Å²) in [5, 5.41) is 0. The second-order valence-corrected chi connectivity index (χ2v) is 9.88. The highest BCUT2D eigenvalue weighted by Crippen LogP contribution is 2.24. The predicted octanol–water partition coefficient (Wildman–Crippen LogP) is 2.17. The molecule has 2 saturated heterocycles. The number of rotatable bonds is 5. The first-order chi connectivity index (χ1) is 13.9. The van der Waals surface area contributed by atoms with Crippen LogP contribution in [0.15, 0.2) is 32.3 Å². The van der Waals surface area contributed by atoms with Crippen molar-refractivity contribution in [3.05, 3.63) is 28.7 Å². The Hall–Kier alpha value is -2.13. The molecule has 0 saturated carbocycles. The molecule has 2 aliphatic rings. The highest BCUT2D eigenvalue weighted by Gasteiger charge is 2.28. The van der Waals surface area contributed by atoms with E-state index in [4.69, 9.17) is 4.42 Å². The standard InChI is InChI=1S/C20H27N3O5S/c1-15-6-2-3-12-22(15)19(24)9-13-23-17-8-7-16(14-18(17)28-20(23)25)29(26,27)21-10-4-5-11-21/h7-8,14-15H,2-6,9-13H2,1H3. The van der Waals surface area contributed by atoms with Gasteiger partial charge in [-0.25, -0.2) is 13.2 Å². The molecule has 1 amide bonds. The van der Waals surface area contributed by atoms with Crippen LogP contribution < -0.4 is 5.76 Å². The van der Waals surface area contributed by atoms with Crippen LogP contribution >= 0.6 is 0 Å². The van der Waals surface area contributed by atoms with Gasteiger partial charge in [-0.3, -0.25) is 9.36 Å². The maximum atomic E-state index is 12.7. The number of carbonyl (C=O) groups is 1. The summed E-state index contributed by atoms with van der Waals surface area (Å²) in [5.74, 6) is -0.540. The number of benzene rings is 1.